The number of nitrogens with zero attached hydrogens (tertiary/aromatic N) is 1. The molecule has 1 saturated heterocycles. The lowest BCUT2D eigenvalue weighted by molar-refractivity contribution is 0.170. The number of hydrogen-bond acceptors (Lipinski definition) is 5. The van der Waals surface area contributed by atoms with Crippen molar-refractivity contribution in [1.82, 2.24) is 10.6 Å². The molecule has 0 radical (unpaired) electrons. The molecule has 1 aliphatic rings. The number of rotatable bonds is 11. The van der Waals surface area contributed by atoms with Crippen molar-refractivity contribution in [3.8, 4) is 5.75 Å². The Morgan fingerprint density at radius 2 is 1.71 bits per heavy atom. The van der Waals surface area contributed by atoms with Crippen LogP contribution < -0.4 is 20.3 Å². The quantitative estimate of drug-likeness (QED) is 0.402. The second-order valence-corrected chi connectivity index (χ2v) is 9.11. The van der Waals surface area contributed by atoms with Crippen LogP contribution in [0.4, 0.5) is 5.69 Å². The van der Waals surface area contributed by atoms with Crippen molar-refractivity contribution < 1.29 is 9.84 Å². The topological polar surface area (TPSA) is 56.8 Å². The molecular formula is C29H37N3O2. The van der Waals surface area contributed by atoms with E-state index in [0.29, 0.717) is 19.2 Å². The molecule has 180 valence electrons. The van der Waals surface area contributed by atoms with E-state index in [1.165, 1.54) is 11.3 Å². The van der Waals surface area contributed by atoms with Gasteiger partial charge in [-0.1, -0.05) is 60.7 Å². The van der Waals surface area contributed by atoms with Crippen LogP contribution in [-0.2, 0) is 6.42 Å². The van der Waals surface area contributed by atoms with E-state index in [0.717, 1.165) is 43.8 Å². The standard InChI is InChI=1S/C29H37N3O2/c1-23(31-22-29(33)25-8-4-2-5-9-25)20-24-12-14-28(15-13-24)34-19-16-27-21-30-17-18-32(27)26-10-6-3-7-11-26/h2-15,23,27,29-31,33H,16-22H2,1H3. The van der Waals surface area contributed by atoms with Crippen LogP contribution in [0.3, 0.4) is 0 Å². The third kappa shape index (κ3) is 7.07. The minimum absolute atomic E-state index is 0.271. The minimum atomic E-state index is -0.489. The highest BCUT2D eigenvalue weighted by molar-refractivity contribution is 5.47. The van der Waals surface area contributed by atoms with Gasteiger partial charge in [0.2, 0.25) is 0 Å². The summed E-state index contributed by atoms with van der Waals surface area (Å²) in [5.74, 6) is 0.916. The fraction of sp³-hybridized carbons (Fsp3) is 0.379. The molecule has 0 bridgehead atoms. The maximum atomic E-state index is 10.3. The summed E-state index contributed by atoms with van der Waals surface area (Å²) in [4.78, 5) is 2.49. The van der Waals surface area contributed by atoms with Crippen LogP contribution in [0.15, 0.2) is 84.9 Å². The molecule has 34 heavy (non-hydrogen) atoms. The summed E-state index contributed by atoms with van der Waals surface area (Å²) < 4.78 is 6.08. The lowest BCUT2D eigenvalue weighted by atomic mass is 10.1. The maximum Gasteiger partial charge on any atom is 0.119 e. The Balaban J connectivity index is 1.20. The maximum absolute atomic E-state index is 10.3. The number of aliphatic hydroxyl groups is 1. The van der Waals surface area contributed by atoms with E-state index < -0.39 is 6.10 Å². The van der Waals surface area contributed by atoms with Gasteiger partial charge < -0.3 is 25.4 Å². The van der Waals surface area contributed by atoms with E-state index in [9.17, 15) is 5.11 Å². The molecule has 3 aromatic rings. The second-order valence-electron chi connectivity index (χ2n) is 9.11. The van der Waals surface area contributed by atoms with Crippen LogP contribution in [0, 0.1) is 0 Å². The van der Waals surface area contributed by atoms with Gasteiger partial charge >= 0.3 is 0 Å². The van der Waals surface area contributed by atoms with Crippen molar-refractivity contribution >= 4 is 5.69 Å². The Hall–Kier alpha value is -2.86. The molecule has 1 heterocycles. The summed E-state index contributed by atoms with van der Waals surface area (Å²) in [6.45, 7) is 6.43. The van der Waals surface area contributed by atoms with Crippen molar-refractivity contribution in [2.75, 3.05) is 37.7 Å². The Labute approximate surface area is 203 Å². The molecule has 5 heteroatoms. The molecule has 0 aromatic heterocycles. The number of ether oxygens (including phenoxy) is 1. The van der Waals surface area contributed by atoms with Gasteiger partial charge in [-0.15, -0.1) is 0 Å². The van der Waals surface area contributed by atoms with Crippen molar-refractivity contribution in [3.05, 3.63) is 96.1 Å². The summed E-state index contributed by atoms with van der Waals surface area (Å²) in [7, 11) is 0. The second kappa shape index (κ2) is 12.6. The molecule has 1 aliphatic heterocycles. The van der Waals surface area contributed by atoms with Gasteiger partial charge in [-0.05, 0) is 48.7 Å². The van der Waals surface area contributed by atoms with Crippen LogP contribution in [0.2, 0.25) is 0 Å². The molecular weight excluding hydrogens is 422 g/mol. The number of para-hydroxylation sites is 1. The lowest BCUT2D eigenvalue weighted by Gasteiger charge is -2.38. The first kappa shape index (κ1) is 24.3. The molecule has 0 saturated carbocycles. The van der Waals surface area contributed by atoms with Gasteiger partial charge in [-0.3, -0.25) is 0 Å². The predicted molar refractivity (Wildman–Crippen MR) is 140 cm³/mol. The molecule has 0 amide bonds. The molecule has 3 aromatic carbocycles. The van der Waals surface area contributed by atoms with Gasteiger partial charge in [0.25, 0.3) is 0 Å². The fourth-order valence-electron chi connectivity index (χ4n) is 4.54. The van der Waals surface area contributed by atoms with Gasteiger partial charge in [-0.2, -0.15) is 0 Å². The first-order valence-corrected chi connectivity index (χ1v) is 12.4. The highest BCUT2D eigenvalue weighted by Gasteiger charge is 2.22. The SMILES string of the molecule is CC(Cc1ccc(OCCC2CNCCN2c2ccccc2)cc1)NCC(O)c1ccccc1. The molecule has 3 N–H and O–H groups in total. The third-order valence-electron chi connectivity index (χ3n) is 6.47. The average Bonchev–Trinajstić information content (AvgIpc) is 2.89. The van der Waals surface area contributed by atoms with Crippen LogP contribution in [-0.4, -0.2) is 50.0 Å². The van der Waals surface area contributed by atoms with Gasteiger partial charge in [0.15, 0.2) is 0 Å². The number of anilines is 1. The molecule has 0 aliphatic carbocycles. The Kier molecular flexibility index (Phi) is 8.97. The summed E-state index contributed by atoms with van der Waals surface area (Å²) in [5.41, 5.74) is 3.49. The van der Waals surface area contributed by atoms with Crippen LogP contribution in [0.1, 0.15) is 30.6 Å². The Bertz CT molecular complexity index is 966. The zero-order valence-electron chi connectivity index (χ0n) is 20.1. The predicted octanol–water partition coefficient (Wildman–Crippen LogP) is 4.19. The Morgan fingerprint density at radius 1 is 1.00 bits per heavy atom. The molecule has 3 unspecified atom stereocenters. The first-order valence-electron chi connectivity index (χ1n) is 12.4. The van der Waals surface area contributed by atoms with Gasteiger partial charge in [0.05, 0.1) is 12.7 Å². The van der Waals surface area contributed by atoms with E-state index in [4.69, 9.17) is 4.74 Å². The largest absolute Gasteiger partial charge is 0.494 e. The molecule has 0 spiro atoms. The average molecular weight is 460 g/mol. The monoisotopic (exact) mass is 459 g/mol. The van der Waals surface area contributed by atoms with E-state index >= 15 is 0 Å². The van der Waals surface area contributed by atoms with Gasteiger partial charge in [-0.25, -0.2) is 0 Å². The van der Waals surface area contributed by atoms with E-state index in [1.807, 2.05) is 30.3 Å². The van der Waals surface area contributed by atoms with E-state index in [1.54, 1.807) is 0 Å². The number of piperazine rings is 1. The number of hydrogen-bond donors (Lipinski definition) is 3. The molecule has 5 nitrogen and oxygen atoms in total. The summed E-state index contributed by atoms with van der Waals surface area (Å²) in [5, 5.41) is 17.3. The number of aliphatic hydroxyl groups excluding tert-OH is 1. The zero-order valence-corrected chi connectivity index (χ0v) is 20.1. The van der Waals surface area contributed by atoms with Crippen molar-refractivity contribution in [2.45, 2.75) is 38.0 Å². The van der Waals surface area contributed by atoms with Gasteiger partial charge in [0, 0.05) is 50.4 Å². The summed E-state index contributed by atoms with van der Waals surface area (Å²) in [6.07, 6.45) is 1.40. The Morgan fingerprint density at radius 3 is 2.44 bits per heavy atom. The first-order chi connectivity index (χ1) is 16.7. The zero-order chi connectivity index (χ0) is 23.6. The highest BCUT2D eigenvalue weighted by Crippen LogP contribution is 2.20. The van der Waals surface area contributed by atoms with E-state index in [2.05, 4.69) is 77.1 Å². The summed E-state index contributed by atoms with van der Waals surface area (Å²) >= 11 is 0. The van der Waals surface area contributed by atoms with Crippen molar-refractivity contribution in [1.29, 1.82) is 0 Å². The van der Waals surface area contributed by atoms with Crippen LogP contribution in [0.5, 0.6) is 5.75 Å². The molecule has 4 rings (SSSR count). The van der Waals surface area contributed by atoms with E-state index in [-0.39, 0.29) is 6.04 Å². The normalized spacial score (nSPS) is 17.8. The van der Waals surface area contributed by atoms with Crippen LogP contribution in [0.25, 0.3) is 0 Å². The van der Waals surface area contributed by atoms with Gasteiger partial charge in [0.1, 0.15) is 5.75 Å². The fourth-order valence-corrected chi connectivity index (χ4v) is 4.54. The van der Waals surface area contributed by atoms with Crippen molar-refractivity contribution in [2.24, 2.45) is 0 Å². The number of benzene rings is 3. The number of nitrogens with one attached hydrogen (secondary N) is 2. The van der Waals surface area contributed by atoms with Crippen LogP contribution >= 0.6 is 0 Å². The molecule has 1 fully saturated rings. The third-order valence-corrected chi connectivity index (χ3v) is 6.47. The summed E-state index contributed by atoms with van der Waals surface area (Å²) in [6, 6.07) is 29.6. The molecule has 3 atom stereocenters. The minimum Gasteiger partial charge on any atom is -0.494 e. The lowest BCUT2D eigenvalue weighted by Crippen LogP contribution is -2.52. The van der Waals surface area contributed by atoms with Crippen molar-refractivity contribution in [3.63, 3.8) is 0 Å². The smallest absolute Gasteiger partial charge is 0.119 e. The highest BCUT2D eigenvalue weighted by atomic mass is 16.5.